The van der Waals surface area contributed by atoms with Gasteiger partial charge in [-0.1, -0.05) is 6.92 Å². The molecule has 0 saturated heterocycles. The van der Waals surface area contributed by atoms with E-state index in [1.54, 1.807) is 13.0 Å². The normalized spacial score (nSPS) is 9.43. The summed E-state index contributed by atoms with van der Waals surface area (Å²) in [5.41, 5.74) is -0.417. The van der Waals surface area contributed by atoms with Gasteiger partial charge < -0.3 is 10.1 Å². The molecule has 0 unspecified atom stereocenters. The van der Waals surface area contributed by atoms with E-state index in [0.29, 0.717) is 12.1 Å². The highest BCUT2D eigenvalue weighted by molar-refractivity contribution is 5.89. The minimum Gasteiger partial charge on any atom is -0.478 e. The largest absolute Gasteiger partial charge is 0.478 e. The van der Waals surface area contributed by atoms with Crippen LogP contribution in [0.2, 0.25) is 0 Å². The predicted molar refractivity (Wildman–Crippen MR) is 48.1 cm³/mol. The summed E-state index contributed by atoms with van der Waals surface area (Å²) >= 11 is 0. The van der Waals surface area contributed by atoms with Gasteiger partial charge in [0, 0.05) is 5.69 Å². The number of rotatable bonds is 2. The Hall–Kier alpha value is -2.09. The molecule has 0 aliphatic carbocycles. The molecule has 0 saturated carbocycles. The van der Waals surface area contributed by atoms with Gasteiger partial charge in [0.15, 0.2) is 0 Å². The Kier molecular flexibility index (Phi) is 2.67. The zero-order valence-corrected chi connectivity index (χ0v) is 7.50. The van der Waals surface area contributed by atoms with E-state index >= 15 is 0 Å². The number of nitrogens with zero attached hydrogens (tertiary/aromatic N) is 1. The van der Waals surface area contributed by atoms with Crippen LogP contribution in [-0.4, -0.2) is 16.1 Å². The Labute approximate surface area is 79.6 Å². The van der Waals surface area contributed by atoms with Gasteiger partial charge in [-0.15, -0.1) is 0 Å². The molecule has 14 heavy (non-hydrogen) atoms. The third-order valence-corrected chi connectivity index (χ3v) is 1.83. The lowest BCUT2D eigenvalue weighted by Crippen LogP contribution is -2.17. The molecule has 1 aromatic rings. The molecule has 0 radical (unpaired) electrons. The van der Waals surface area contributed by atoms with Crippen LogP contribution in [0.15, 0.2) is 10.9 Å². The summed E-state index contributed by atoms with van der Waals surface area (Å²) in [4.78, 5) is 24.2. The van der Waals surface area contributed by atoms with Gasteiger partial charge in [-0.2, -0.15) is 5.26 Å². The van der Waals surface area contributed by atoms with Crippen molar-refractivity contribution in [2.75, 3.05) is 0 Å². The van der Waals surface area contributed by atoms with Gasteiger partial charge in [-0.25, -0.2) is 4.79 Å². The van der Waals surface area contributed by atoms with Crippen LogP contribution in [-0.2, 0) is 6.42 Å². The fourth-order valence-corrected chi connectivity index (χ4v) is 1.12. The van der Waals surface area contributed by atoms with Crippen molar-refractivity contribution in [2.45, 2.75) is 13.3 Å². The van der Waals surface area contributed by atoms with Crippen LogP contribution in [0.5, 0.6) is 0 Å². The first-order chi connectivity index (χ1) is 6.60. The van der Waals surface area contributed by atoms with Crippen molar-refractivity contribution in [3.8, 4) is 6.07 Å². The second kappa shape index (κ2) is 3.75. The minimum absolute atomic E-state index is 0.0244. The highest BCUT2D eigenvalue weighted by Crippen LogP contribution is 2.06. The Bertz CT molecular complexity index is 468. The van der Waals surface area contributed by atoms with E-state index in [-0.39, 0.29) is 11.1 Å². The quantitative estimate of drug-likeness (QED) is 0.713. The van der Waals surface area contributed by atoms with Crippen molar-refractivity contribution in [1.82, 2.24) is 4.98 Å². The van der Waals surface area contributed by atoms with Crippen LogP contribution in [0, 0.1) is 11.3 Å². The summed E-state index contributed by atoms with van der Waals surface area (Å²) in [5, 5.41) is 17.3. The van der Waals surface area contributed by atoms with Crippen LogP contribution in [0.3, 0.4) is 0 Å². The second-order valence-electron chi connectivity index (χ2n) is 2.67. The number of aryl methyl sites for hydroxylation is 1. The van der Waals surface area contributed by atoms with E-state index in [1.165, 1.54) is 0 Å². The van der Waals surface area contributed by atoms with Crippen molar-refractivity contribution < 1.29 is 9.90 Å². The van der Waals surface area contributed by atoms with Crippen LogP contribution in [0.4, 0.5) is 0 Å². The van der Waals surface area contributed by atoms with Gasteiger partial charge in [0.2, 0.25) is 0 Å². The van der Waals surface area contributed by atoms with Crippen molar-refractivity contribution in [1.29, 1.82) is 5.26 Å². The summed E-state index contributed by atoms with van der Waals surface area (Å²) in [6.07, 6.45) is 0.405. The van der Waals surface area contributed by atoms with Crippen LogP contribution in [0.25, 0.3) is 0 Å². The molecule has 0 atom stereocenters. The third-order valence-electron chi connectivity index (χ3n) is 1.83. The molecule has 0 bridgehead atoms. The van der Waals surface area contributed by atoms with E-state index in [1.807, 2.05) is 0 Å². The summed E-state index contributed by atoms with van der Waals surface area (Å²) in [6, 6.07) is 2.73. The number of aromatic carboxylic acids is 1. The molecule has 0 aromatic carbocycles. The molecule has 1 rings (SSSR count). The number of carboxylic acids is 1. The van der Waals surface area contributed by atoms with E-state index in [9.17, 15) is 9.59 Å². The van der Waals surface area contributed by atoms with Crippen LogP contribution in [0.1, 0.15) is 28.5 Å². The number of carboxylic acid groups (broad SMARTS) is 1. The lowest BCUT2D eigenvalue weighted by Gasteiger charge is -2.02. The first kappa shape index (κ1) is 9.99. The Morgan fingerprint density at radius 2 is 2.36 bits per heavy atom. The lowest BCUT2D eigenvalue weighted by atomic mass is 10.1. The van der Waals surface area contributed by atoms with Crippen molar-refractivity contribution in [3.05, 3.63) is 33.2 Å². The van der Waals surface area contributed by atoms with Crippen LogP contribution >= 0.6 is 0 Å². The number of nitrogens with one attached hydrogen (secondary N) is 1. The van der Waals surface area contributed by atoms with Crippen molar-refractivity contribution in [3.63, 3.8) is 0 Å². The molecule has 5 nitrogen and oxygen atoms in total. The molecule has 2 N–H and O–H groups in total. The Morgan fingerprint density at radius 3 is 2.79 bits per heavy atom. The molecule has 0 amide bonds. The third kappa shape index (κ3) is 1.64. The Morgan fingerprint density at radius 1 is 1.71 bits per heavy atom. The average Bonchev–Trinajstić information content (AvgIpc) is 2.16. The summed E-state index contributed by atoms with van der Waals surface area (Å²) in [7, 11) is 0. The van der Waals surface area contributed by atoms with Gasteiger partial charge in [0.05, 0.1) is 5.56 Å². The number of hydrogen-bond donors (Lipinski definition) is 2. The number of pyridine rings is 1. The zero-order valence-electron chi connectivity index (χ0n) is 7.50. The monoisotopic (exact) mass is 192 g/mol. The first-order valence-corrected chi connectivity index (χ1v) is 3.99. The van der Waals surface area contributed by atoms with Gasteiger partial charge in [-0.3, -0.25) is 4.79 Å². The molecule has 0 aliphatic heterocycles. The standard InChI is InChI=1S/C9H8N2O3/c1-2-7-6(9(13)14)3-5(4-10)8(12)11-7/h3H,2H2,1H3,(H,11,12)(H,13,14). The summed E-state index contributed by atoms with van der Waals surface area (Å²) in [5.74, 6) is -1.14. The summed E-state index contributed by atoms with van der Waals surface area (Å²) < 4.78 is 0. The number of nitriles is 1. The Balaban J connectivity index is 3.50. The maximum Gasteiger partial charge on any atom is 0.337 e. The van der Waals surface area contributed by atoms with Crippen molar-refractivity contribution >= 4 is 5.97 Å². The topological polar surface area (TPSA) is 94.0 Å². The number of H-pyrrole nitrogens is 1. The zero-order chi connectivity index (χ0) is 10.7. The maximum absolute atomic E-state index is 11.1. The smallest absolute Gasteiger partial charge is 0.337 e. The highest BCUT2D eigenvalue weighted by atomic mass is 16.4. The van der Waals surface area contributed by atoms with Gasteiger partial charge in [0.25, 0.3) is 5.56 Å². The van der Waals surface area contributed by atoms with E-state index in [0.717, 1.165) is 6.07 Å². The molecule has 5 heteroatoms. The second-order valence-corrected chi connectivity index (χ2v) is 2.67. The van der Waals surface area contributed by atoms with E-state index < -0.39 is 11.5 Å². The lowest BCUT2D eigenvalue weighted by molar-refractivity contribution is 0.0695. The fourth-order valence-electron chi connectivity index (χ4n) is 1.12. The number of aromatic nitrogens is 1. The molecule has 72 valence electrons. The van der Waals surface area contributed by atoms with E-state index in [2.05, 4.69) is 4.98 Å². The minimum atomic E-state index is -1.14. The van der Waals surface area contributed by atoms with Gasteiger partial charge in [-0.05, 0) is 12.5 Å². The SMILES string of the molecule is CCc1[nH]c(=O)c(C#N)cc1C(=O)O. The molecule has 1 heterocycles. The molecular weight excluding hydrogens is 184 g/mol. The molecule has 0 fully saturated rings. The first-order valence-electron chi connectivity index (χ1n) is 3.99. The van der Waals surface area contributed by atoms with Gasteiger partial charge in [0.1, 0.15) is 11.6 Å². The predicted octanol–water partition coefficient (Wildman–Crippen LogP) is 0.507. The summed E-state index contributed by atoms with van der Waals surface area (Å²) in [6.45, 7) is 1.73. The number of hydrogen-bond acceptors (Lipinski definition) is 3. The highest BCUT2D eigenvalue weighted by Gasteiger charge is 2.12. The number of carbonyl (C=O) groups is 1. The number of aromatic amines is 1. The molecule has 0 spiro atoms. The fraction of sp³-hybridized carbons (Fsp3) is 0.222. The molecule has 1 aromatic heterocycles. The van der Waals surface area contributed by atoms with Gasteiger partial charge >= 0.3 is 5.97 Å². The van der Waals surface area contributed by atoms with E-state index in [4.69, 9.17) is 10.4 Å². The van der Waals surface area contributed by atoms with Crippen molar-refractivity contribution in [2.24, 2.45) is 0 Å². The molecule has 0 aliphatic rings. The van der Waals surface area contributed by atoms with Crippen LogP contribution < -0.4 is 5.56 Å². The maximum atomic E-state index is 11.1. The molecular formula is C9H8N2O3. The average molecular weight is 192 g/mol.